The van der Waals surface area contributed by atoms with Crippen molar-refractivity contribution in [1.29, 1.82) is 0 Å². The van der Waals surface area contributed by atoms with Gasteiger partial charge < -0.3 is 0 Å². The monoisotopic (exact) mass is 354 g/mol. The average molecular weight is 356 g/mol. The zero-order chi connectivity index (χ0) is 14.3. The minimum atomic E-state index is -0.986. The third kappa shape index (κ3) is 2.27. The second kappa shape index (κ2) is 5.07. The van der Waals surface area contributed by atoms with Crippen LogP contribution in [0.15, 0.2) is 40.9 Å². The maximum atomic E-state index is 13.8. The van der Waals surface area contributed by atoms with E-state index in [4.69, 9.17) is 11.6 Å². The lowest BCUT2D eigenvalue weighted by Crippen LogP contribution is -1.96. The van der Waals surface area contributed by atoms with Gasteiger partial charge in [0.05, 0.1) is 11.1 Å². The van der Waals surface area contributed by atoms with Gasteiger partial charge in [-0.05, 0) is 30.3 Å². The average Bonchev–Trinajstić information content (AvgIpc) is 2.42. The lowest BCUT2D eigenvalue weighted by molar-refractivity contribution is 0.510. The van der Waals surface area contributed by atoms with E-state index in [1.807, 2.05) is 0 Å². The summed E-state index contributed by atoms with van der Waals surface area (Å²) in [7, 11) is 0. The van der Waals surface area contributed by atoms with E-state index < -0.39 is 11.6 Å². The van der Waals surface area contributed by atoms with Crippen molar-refractivity contribution in [3.05, 3.63) is 57.7 Å². The minimum absolute atomic E-state index is 0.0169. The fraction of sp³-hybridized carbons (Fsp3) is 0. The largest absolute Gasteiger partial charge is 0.228 e. The number of benzene rings is 2. The van der Waals surface area contributed by atoms with E-state index in [0.717, 1.165) is 10.5 Å². The van der Waals surface area contributed by atoms with E-state index in [-0.39, 0.29) is 16.5 Å². The van der Waals surface area contributed by atoms with Crippen LogP contribution >= 0.6 is 27.5 Å². The van der Waals surface area contributed by atoms with Crippen molar-refractivity contribution in [3.8, 4) is 11.4 Å². The van der Waals surface area contributed by atoms with Gasteiger partial charge in [-0.15, -0.1) is 0 Å². The van der Waals surface area contributed by atoms with Gasteiger partial charge in [-0.1, -0.05) is 33.6 Å². The van der Waals surface area contributed by atoms with E-state index in [1.165, 1.54) is 12.1 Å². The van der Waals surface area contributed by atoms with Gasteiger partial charge in [-0.2, -0.15) is 0 Å². The summed E-state index contributed by atoms with van der Waals surface area (Å²) < 4.78 is 27.9. The Morgan fingerprint density at radius 1 is 1.05 bits per heavy atom. The number of hydrogen-bond donors (Lipinski definition) is 0. The maximum absolute atomic E-state index is 13.8. The Kier molecular flexibility index (Phi) is 3.40. The molecule has 0 aliphatic rings. The second-order valence-electron chi connectivity index (χ2n) is 4.10. The molecule has 2 nitrogen and oxygen atoms in total. The van der Waals surface area contributed by atoms with Crippen molar-refractivity contribution >= 4 is 38.4 Å². The fourth-order valence-electron chi connectivity index (χ4n) is 1.86. The molecule has 0 fully saturated rings. The van der Waals surface area contributed by atoms with Crippen LogP contribution in [-0.4, -0.2) is 9.97 Å². The molecule has 1 aromatic heterocycles. The first kappa shape index (κ1) is 13.4. The Labute approximate surface area is 126 Å². The molecule has 0 atom stereocenters. The molecule has 0 bridgehead atoms. The summed E-state index contributed by atoms with van der Waals surface area (Å²) in [4.78, 5) is 8.27. The molecule has 0 unspecified atom stereocenters. The predicted octanol–water partition coefficient (Wildman–Crippen LogP) is 4.99. The molecule has 100 valence electrons. The summed E-state index contributed by atoms with van der Waals surface area (Å²) in [6.45, 7) is 0. The molecular weight excluding hydrogens is 350 g/mol. The molecule has 3 aromatic rings. The van der Waals surface area contributed by atoms with E-state index >= 15 is 0 Å². The van der Waals surface area contributed by atoms with E-state index in [2.05, 4.69) is 25.9 Å². The van der Waals surface area contributed by atoms with Gasteiger partial charge in [0.1, 0.15) is 5.15 Å². The Balaban J connectivity index is 2.28. The van der Waals surface area contributed by atoms with Crippen LogP contribution in [0.25, 0.3) is 22.3 Å². The number of fused-ring (bicyclic) bond motifs is 1. The van der Waals surface area contributed by atoms with E-state index in [0.29, 0.717) is 10.9 Å². The van der Waals surface area contributed by atoms with Crippen LogP contribution in [0, 0.1) is 11.6 Å². The lowest BCUT2D eigenvalue weighted by Gasteiger charge is -2.06. The van der Waals surface area contributed by atoms with Crippen LogP contribution in [0.4, 0.5) is 8.78 Å². The van der Waals surface area contributed by atoms with Crippen molar-refractivity contribution < 1.29 is 8.78 Å². The molecule has 0 aliphatic heterocycles. The van der Waals surface area contributed by atoms with E-state index in [1.54, 1.807) is 18.2 Å². The Bertz CT molecular complexity index is 824. The summed E-state index contributed by atoms with van der Waals surface area (Å²) in [5.41, 5.74) is 0.545. The summed E-state index contributed by atoms with van der Waals surface area (Å²) in [5.74, 6) is -1.88. The molecule has 3 rings (SSSR count). The molecule has 6 heteroatoms. The van der Waals surface area contributed by atoms with Gasteiger partial charge in [0.2, 0.25) is 0 Å². The third-order valence-corrected chi connectivity index (χ3v) is 3.59. The smallest absolute Gasteiger partial charge is 0.169 e. The molecule has 0 saturated carbocycles. The summed E-state index contributed by atoms with van der Waals surface area (Å²) >= 11 is 9.42. The molecule has 20 heavy (non-hydrogen) atoms. The van der Waals surface area contributed by atoms with Crippen molar-refractivity contribution in [2.75, 3.05) is 0 Å². The standard InChI is InChI=1S/C14H6BrClF2N2/c15-7-4-5-11-9(6-7)13(16)20-14(19-11)8-2-1-3-10(17)12(8)18/h1-6H. The number of aromatic nitrogens is 2. The summed E-state index contributed by atoms with van der Waals surface area (Å²) in [6, 6.07) is 9.14. The Morgan fingerprint density at radius 3 is 2.65 bits per heavy atom. The molecule has 0 N–H and O–H groups in total. The van der Waals surface area contributed by atoms with Crippen molar-refractivity contribution in [3.63, 3.8) is 0 Å². The van der Waals surface area contributed by atoms with Crippen LogP contribution in [0.2, 0.25) is 5.15 Å². The van der Waals surface area contributed by atoms with Gasteiger partial charge in [-0.25, -0.2) is 18.7 Å². The molecular formula is C14H6BrClF2N2. The SMILES string of the molecule is Fc1cccc(-c2nc(Cl)c3cc(Br)ccc3n2)c1F. The summed E-state index contributed by atoms with van der Waals surface area (Å²) in [6.07, 6.45) is 0. The quantitative estimate of drug-likeness (QED) is 0.575. The fourth-order valence-corrected chi connectivity index (χ4v) is 2.45. The highest BCUT2D eigenvalue weighted by Crippen LogP contribution is 2.28. The Hall–Kier alpha value is -1.59. The van der Waals surface area contributed by atoms with Crippen molar-refractivity contribution in [2.45, 2.75) is 0 Å². The first-order chi connectivity index (χ1) is 9.56. The highest BCUT2D eigenvalue weighted by Gasteiger charge is 2.14. The van der Waals surface area contributed by atoms with Gasteiger partial charge in [-0.3, -0.25) is 0 Å². The zero-order valence-electron chi connectivity index (χ0n) is 9.87. The first-order valence-electron chi connectivity index (χ1n) is 5.63. The van der Waals surface area contributed by atoms with Crippen LogP contribution in [0.3, 0.4) is 0 Å². The van der Waals surface area contributed by atoms with Gasteiger partial charge in [0.15, 0.2) is 17.5 Å². The molecule has 0 aliphatic carbocycles. The third-order valence-electron chi connectivity index (χ3n) is 2.80. The van der Waals surface area contributed by atoms with Crippen LogP contribution in [-0.2, 0) is 0 Å². The second-order valence-corrected chi connectivity index (χ2v) is 5.37. The normalized spacial score (nSPS) is 11.0. The molecule has 0 radical (unpaired) electrons. The molecule has 0 saturated heterocycles. The first-order valence-corrected chi connectivity index (χ1v) is 6.80. The summed E-state index contributed by atoms with van der Waals surface area (Å²) in [5, 5.41) is 0.830. The number of rotatable bonds is 1. The maximum Gasteiger partial charge on any atom is 0.169 e. The van der Waals surface area contributed by atoms with Gasteiger partial charge in [0, 0.05) is 9.86 Å². The van der Waals surface area contributed by atoms with Gasteiger partial charge in [0.25, 0.3) is 0 Å². The van der Waals surface area contributed by atoms with Gasteiger partial charge >= 0.3 is 0 Å². The highest BCUT2D eigenvalue weighted by molar-refractivity contribution is 9.10. The lowest BCUT2D eigenvalue weighted by atomic mass is 10.1. The number of hydrogen-bond acceptors (Lipinski definition) is 2. The molecule has 2 aromatic carbocycles. The topological polar surface area (TPSA) is 25.8 Å². The highest BCUT2D eigenvalue weighted by atomic mass is 79.9. The van der Waals surface area contributed by atoms with Crippen molar-refractivity contribution in [1.82, 2.24) is 9.97 Å². The molecule has 0 spiro atoms. The molecule has 1 heterocycles. The minimum Gasteiger partial charge on any atom is -0.228 e. The number of halogens is 4. The van der Waals surface area contributed by atoms with Crippen LogP contribution in [0.1, 0.15) is 0 Å². The zero-order valence-corrected chi connectivity index (χ0v) is 12.2. The number of nitrogens with zero attached hydrogens (tertiary/aromatic N) is 2. The van der Waals surface area contributed by atoms with Crippen molar-refractivity contribution in [2.24, 2.45) is 0 Å². The van der Waals surface area contributed by atoms with E-state index in [9.17, 15) is 8.78 Å². The van der Waals surface area contributed by atoms with Crippen LogP contribution < -0.4 is 0 Å². The van der Waals surface area contributed by atoms with Crippen LogP contribution in [0.5, 0.6) is 0 Å². The Morgan fingerprint density at radius 2 is 1.85 bits per heavy atom. The predicted molar refractivity (Wildman–Crippen MR) is 77.6 cm³/mol. The molecule has 0 amide bonds.